The van der Waals surface area contributed by atoms with Crippen LogP contribution >= 0.6 is 0 Å². The van der Waals surface area contributed by atoms with Crippen molar-refractivity contribution in [2.75, 3.05) is 105 Å². The third-order valence-electron chi connectivity index (χ3n) is 8.49. The average Bonchev–Trinajstić information content (AvgIpc) is 3.05. The van der Waals surface area contributed by atoms with Gasteiger partial charge in [-0.05, 0) is 37.8 Å². The van der Waals surface area contributed by atoms with E-state index in [1.807, 2.05) is 20.8 Å². The van der Waals surface area contributed by atoms with Gasteiger partial charge in [0.1, 0.15) is 0 Å². The summed E-state index contributed by atoms with van der Waals surface area (Å²) in [6, 6.07) is 8.94. The predicted molar refractivity (Wildman–Crippen MR) is 173 cm³/mol. The van der Waals surface area contributed by atoms with Gasteiger partial charge in [-0.15, -0.1) is 0 Å². The second kappa shape index (κ2) is 18.6. The molecule has 9 heteroatoms. The third-order valence-corrected chi connectivity index (χ3v) is 8.49. The van der Waals surface area contributed by atoms with Gasteiger partial charge in [-0.3, -0.25) is 24.5 Å². The highest BCUT2D eigenvalue weighted by Crippen LogP contribution is 2.16. The van der Waals surface area contributed by atoms with Crippen molar-refractivity contribution in [3.8, 4) is 0 Å². The van der Waals surface area contributed by atoms with Gasteiger partial charge < -0.3 is 20.2 Å². The van der Waals surface area contributed by atoms with E-state index in [0.29, 0.717) is 19.0 Å². The zero-order valence-corrected chi connectivity index (χ0v) is 27.4. The Balaban J connectivity index is 1.71. The molecule has 242 valence electrons. The Morgan fingerprint density at radius 1 is 0.452 bits per heavy atom. The minimum atomic E-state index is -0.347. The van der Waals surface area contributed by atoms with E-state index in [-0.39, 0.29) is 18.3 Å². The molecule has 2 heterocycles. The monoisotopic (exact) mass is 590 g/mol. The van der Waals surface area contributed by atoms with E-state index >= 15 is 0 Å². The topological polar surface area (TPSA) is 80.1 Å². The van der Waals surface area contributed by atoms with Crippen LogP contribution in [0.3, 0.4) is 0 Å². The van der Waals surface area contributed by atoms with Gasteiger partial charge in [0.2, 0.25) is 0 Å². The zero-order valence-electron chi connectivity index (χ0n) is 27.4. The summed E-state index contributed by atoms with van der Waals surface area (Å²) in [4.78, 5) is 14.9. The van der Waals surface area contributed by atoms with Crippen LogP contribution in [0.2, 0.25) is 0 Å². The van der Waals surface area contributed by atoms with Crippen LogP contribution in [0.4, 0.5) is 0 Å². The third kappa shape index (κ3) is 13.7. The molecule has 0 aromatic heterocycles. The molecule has 1 aromatic rings. The Labute approximate surface area is 256 Å². The maximum Gasteiger partial charge on any atom is 0.0639 e. The highest BCUT2D eigenvalue weighted by atomic mass is 16.3. The number of rotatable bonds is 12. The van der Waals surface area contributed by atoms with Crippen molar-refractivity contribution in [3.63, 3.8) is 0 Å². The van der Waals surface area contributed by atoms with E-state index in [4.69, 9.17) is 0 Å². The van der Waals surface area contributed by atoms with Gasteiger partial charge in [0.25, 0.3) is 0 Å². The highest BCUT2D eigenvalue weighted by Gasteiger charge is 2.21. The van der Waals surface area contributed by atoms with Crippen molar-refractivity contribution >= 4 is 0 Å². The van der Waals surface area contributed by atoms with E-state index in [1.54, 1.807) is 0 Å². The number of hydrogen-bond acceptors (Lipinski definition) is 9. The quantitative estimate of drug-likeness (QED) is 0.334. The fourth-order valence-electron chi connectivity index (χ4n) is 6.40. The first kappa shape index (κ1) is 35.3. The molecule has 2 saturated heterocycles. The van der Waals surface area contributed by atoms with Crippen molar-refractivity contribution in [2.24, 2.45) is 5.92 Å². The fraction of sp³-hybridized carbons (Fsp3) is 0.818. The number of benzene rings is 1. The Kier molecular flexibility index (Phi) is 15.7. The molecule has 0 spiro atoms. The molecule has 9 nitrogen and oxygen atoms in total. The molecular formula is C33H62N6O3. The standard InChI is InChI=1S/C33H62N6O3/c1-28(2)22-34-10-12-35(23-29(3)40)15-19-38(18-11-34)26-32-8-6-7-9-33(32)27-39-20-16-36(24-30(4)41)13-14-37(17-21-39)25-31(5)42/h6-9,28-31,40-42H,10-27H2,1-5H3/t29-,30-,31-/m0/s1. The van der Waals surface area contributed by atoms with Crippen molar-refractivity contribution in [3.05, 3.63) is 35.4 Å². The van der Waals surface area contributed by atoms with E-state index in [9.17, 15) is 15.3 Å². The first-order valence-electron chi connectivity index (χ1n) is 16.5. The normalized spacial score (nSPS) is 23.0. The molecule has 3 rings (SSSR count). The maximum atomic E-state index is 10.1. The second-order valence-electron chi connectivity index (χ2n) is 13.5. The fourth-order valence-corrected chi connectivity index (χ4v) is 6.40. The molecule has 3 atom stereocenters. The molecular weight excluding hydrogens is 528 g/mol. The Morgan fingerprint density at radius 3 is 0.976 bits per heavy atom. The van der Waals surface area contributed by atoms with Crippen LogP contribution in [0, 0.1) is 5.92 Å². The molecule has 3 N–H and O–H groups in total. The highest BCUT2D eigenvalue weighted by molar-refractivity contribution is 5.27. The molecule has 42 heavy (non-hydrogen) atoms. The van der Waals surface area contributed by atoms with E-state index in [1.165, 1.54) is 11.1 Å². The average molecular weight is 591 g/mol. The second-order valence-corrected chi connectivity index (χ2v) is 13.5. The van der Waals surface area contributed by atoms with Gasteiger partial charge in [-0.1, -0.05) is 38.1 Å². The lowest BCUT2D eigenvalue weighted by Crippen LogP contribution is -2.41. The number of aliphatic hydroxyl groups is 3. The Hall–Kier alpha value is -1.14. The summed E-state index contributed by atoms with van der Waals surface area (Å²) in [5.74, 6) is 0.639. The molecule has 1 aromatic carbocycles. The Morgan fingerprint density at radius 2 is 0.714 bits per heavy atom. The number of aliphatic hydroxyl groups excluding tert-OH is 3. The van der Waals surface area contributed by atoms with Gasteiger partial charge >= 0.3 is 0 Å². The summed E-state index contributed by atoms with van der Waals surface area (Å²) in [7, 11) is 0. The first-order valence-corrected chi connectivity index (χ1v) is 16.5. The van der Waals surface area contributed by atoms with Gasteiger partial charge in [-0.25, -0.2) is 0 Å². The Bertz CT molecular complexity index is 757. The lowest BCUT2D eigenvalue weighted by atomic mass is 10.1. The number of nitrogens with zero attached hydrogens (tertiary/aromatic N) is 6. The molecule has 2 aliphatic heterocycles. The molecule has 2 aliphatic rings. The first-order chi connectivity index (χ1) is 20.1. The van der Waals surface area contributed by atoms with Gasteiger partial charge in [-0.2, -0.15) is 0 Å². The molecule has 0 unspecified atom stereocenters. The van der Waals surface area contributed by atoms with E-state index in [0.717, 1.165) is 105 Å². The van der Waals surface area contributed by atoms with Crippen molar-refractivity contribution in [2.45, 2.75) is 66.0 Å². The molecule has 0 amide bonds. The van der Waals surface area contributed by atoms with Gasteiger partial charge in [0.15, 0.2) is 0 Å². The lowest BCUT2D eigenvalue weighted by molar-refractivity contribution is 0.102. The smallest absolute Gasteiger partial charge is 0.0639 e. The van der Waals surface area contributed by atoms with Crippen LogP contribution in [0.15, 0.2) is 24.3 Å². The molecule has 0 aliphatic carbocycles. The summed E-state index contributed by atoms with van der Waals surface area (Å²) in [5, 5.41) is 30.3. The number of hydrogen-bond donors (Lipinski definition) is 3. The van der Waals surface area contributed by atoms with Crippen molar-refractivity contribution in [1.29, 1.82) is 0 Å². The van der Waals surface area contributed by atoms with Crippen LogP contribution in [0.25, 0.3) is 0 Å². The van der Waals surface area contributed by atoms with Crippen LogP contribution in [-0.4, -0.2) is 168 Å². The summed E-state index contributed by atoms with van der Waals surface area (Å²) >= 11 is 0. The van der Waals surface area contributed by atoms with Crippen LogP contribution in [-0.2, 0) is 13.1 Å². The van der Waals surface area contributed by atoms with E-state index in [2.05, 4.69) is 67.5 Å². The summed E-state index contributed by atoms with van der Waals surface area (Å²) in [6.07, 6.45) is -1.01. The molecule has 0 bridgehead atoms. The molecule has 2 fully saturated rings. The molecule has 0 radical (unpaired) electrons. The lowest BCUT2D eigenvalue weighted by Gasteiger charge is -2.29. The summed E-state index contributed by atoms with van der Waals surface area (Å²) < 4.78 is 0. The van der Waals surface area contributed by atoms with Crippen LogP contribution in [0.1, 0.15) is 45.7 Å². The van der Waals surface area contributed by atoms with Gasteiger partial charge in [0, 0.05) is 118 Å². The minimum absolute atomic E-state index is 0.312. The summed E-state index contributed by atoms with van der Waals surface area (Å²) in [6.45, 7) is 27.1. The van der Waals surface area contributed by atoms with Crippen molar-refractivity contribution in [1.82, 2.24) is 29.4 Å². The zero-order chi connectivity index (χ0) is 30.5. The van der Waals surface area contributed by atoms with Crippen LogP contribution < -0.4 is 0 Å². The van der Waals surface area contributed by atoms with Crippen LogP contribution in [0.5, 0.6) is 0 Å². The number of β-amino-alcohol motifs (C(OH)–C–C–N with tert-alkyl or cyclic N) is 3. The molecule has 0 saturated carbocycles. The van der Waals surface area contributed by atoms with Crippen molar-refractivity contribution < 1.29 is 15.3 Å². The van der Waals surface area contributed by atoms with E-state index < -0.39 is 0 Å². The largest absolute Gasteiger partial charge is 0.392 e. The maximum absolute atomic E-state index is 10.1. The predicted octanol–water partition coefficient (Wildman–Crippen LogP) is 1.32. The van der Waals surface area contributed by atoms with Gasteiger partial charge in [0.05, 0.1) is 18.3 Å². The SMILES string of the molecule is CC(C)CN1CCN(Cc2ccccc2CN2CCN(C[C@H](C)O)CCN(C[C@H](C)O)CC2)CCN(C[C@H](C)O)CC1. The summed E-state index contributed by atoms with van der Waals surface area (Å²) in [5.41, 5.74) is 2.79. The minimum Gasteiger partial charge on any atom is -0.392 e.